The second-order valence-corrected chi connectivity index (χ2v) is 3.89. The van der Waals surface area contributed by atoms with Crippen LogP contribution in [0.1, 0.15) is 4.88 Å². The van der Waals surface area contributed by atoms with Gasteiger partial charge < -0.3 is 11.5 Å². The molecular formula is C10H11N3S. The number of anilines is 1. The van der Waals surface area contributed by atoms with Gasteiger partial charge in [-0.1, -0.05) is 12.1 Å². The van der Waals surface area contributed by atoms with E-state index in [-0.39, 0.29) is 0 Å². The van der Waals surface area contributed by atoms with Gasteiger partial charge in [0.2, 0.25) is 0 Å². The van der Waals surface area contributed by atoms with Crippen LogP contribution < -0.4 is 11.5 Å². The summed E-state index contributed by atoms with van der Waals surface area (Å²) in [4.78, 5) is 5.37. The van der Waals surface area contributed by atoms with Crippen molar-refractivity contribution < 1.29 is 0 Å². The Morgan fingerprint density at radius 2 is 2.21 bits per heavy atom. The summed E-state index contributed by atoms with van der Waals surface area (Å²) in [6, 6.07) is 7.68. The largest absolute Gasteiger partial charge is 0.399 e. The maximum atomic E-state index is 5.70. The molecule has 1 heterocycles. The van der Waals surface area contributed by atoms with E-state index in [4.69, 9.17) is 11.5 Å². The van der Waals surface area contributed by atoms with Crippen LogP contribution in [-0.4, -0.2) is 4.98 Å². The Morgan fingerprint density at radius 1 is 1.36 bits per heavy atom. The Bertz CT molecular complexity index is 436. The molecule has 2 aromatic rings. The van der Waals surface area contributed by atoms with Crippen molar-refractivity contribution in [2.45, 2.75) is 6.54 Å². The van der Waals surface area contributed by atoms with Gasteiger partial charge in [0.15, 0.2) is 0 Å². The van der Waals surface area contributed by atoms with Crippen molar-refractivity contribution in [3.63, 3.8) is 0 Å². The standard InChI is InChI=1S/C10H11N3S/c11-5-9-10(13-6-14-9)7-2-1-3-8(12)4-7/h1-4,6H,5,11-12H2. The molecule has 0 aliphatic heterocycles. The molecule has 14 heavy (non-hydrogen) atoms. The number of hydrogen-bond donors (Lipinski definition) is 2. The van der Waals surface area contributed by atoms with E-state index in [1.807, 2.05) is 24.3 Å². The molecule has 0 bridgehead atoms. The number of thiazole rings is 1. The highest BCUT2D eigenvalue weighted by molar-refractivity contribution is 7.10. The van der Waals surface area contributed by atoms with E-state index in [1.54, 1.807) is 16.8 Å². The SMILES string of the molecule is NCc1scnc1-c1cccc(N)c1. The van der Waals surface area contributed by atoms with E-state index in [0.717, 1.165) is 21.8 Å². The third-order valence-corrected chi connectivity index (χ3v) is 2.84. The van der Waals surface area contributed by atoms with Crippen molar-refractivity contribution in [2.75, 3.05) is 5.73 Å². The van der Waals surface area contributed by atoms with Crippen LogP contribution in [0.4, 0.5) is 5.69 Å². The smallest absolute Gasteiger partial charge is 0.0857 e. The van der Waals surface area contributed by atoms with E-state index in [1.165, 1.54) is 0 Å². The lowest BCUT2D eigenvalue weighted by Gasteiger charge is -2.01. The molecule has 0 atom stereocenters. The van der Waals surface area contributed by atoms with Crippen LogP contribution in [0.2, 0.25) is 0 Å². The molecule has 0 fully saturated rings. The van der Waals surface area contributed by atoms with Crippen molar-refractivity contribution in [1.82, 2.24) is 4.98 Å². The lowest BCUT2D eigenvalue weighted by atomic mass is 10.1. The zero-order valence-corrected chi connectivity index (χ0v) is 8.42. The van der Waals surface area contributed by atoms with Crippen LogP contribution in [0.25, 0.3) is 11.3 Å². The molecule has 0 unspecified atom stereocenters. The lowest BCUT2D eigenvalue weighted by molar-refractivity contribution is 1.10. The van der Waals surface area contributed by atoms with Crippen molar-refractivity contribution in [3.8, 4) is 11.3 Å². The first kappa shape index (κ1) is 9.18. The molecule has 0 aliphatic carbocycles. The first-order chi connectivity index (χ1) is 6.81. The maximum absolute atomic E-state index is 5.70. The van der Waals surface area contributed by atoms with Gasteiger partial charge in [0.1, 0.15) is 0 Å². The highest BCUT2D eigenvalue weighted by atomic mass is 32.1. The normalized spacial score (nSPS) is 10.4. The van der Waals surface area contributed by atoms with Gasteiger partial charge in [0.25, 0.3) is 0 Å². The molecule has 3 nitrogen and oxygen atoms in total. The van der Waals surface area contributed by atoms with Crippen LogP contribution in [0, 0.1) is 0 Å². The number of rotatable bonds is 2. The van der Waals surface area contributed by atoms with Gasteiger partial charge in [0.05, 0.1) is 11.2 Å². The first-order valence-electron chi connectivity index (χ1n) is 4.29. The van der Waals surface area contributed by atoms with Gasteiger partial charge in [-0.15, -0.1) is 11.3 Å². The van der Waals surface area contributed by atoms with Gasteiger partial charge in [-0.05, 0) is 12.1 Å². The number of benzene rings is 1. The van der Waals surface area contributed by atoms with Gasteiger partial charge in [-0.25, -0.2) is 4.98 Å². The lowest BCUT2D eigenvalue weighted by Crippen LogP contribution is -1.95. The zero-order chi connectivity index (χ0) is 9.97. The van der Waals surface area contributed by atoms with E-state index in [0.29, 0.717) is 6.54 Å². The van der Waals surface area contributed by atoms with Crippen LogP contribution >= 0.6 is 11.3 Å². The predicted molar refractivity (Wildman–Crippen MR) is 59.9 cm³/mol. The number of hydrogen-bond acceptors (Lipinski definition) is 4. The molecular weight excluding hydrogens is 194 g/mol. The fourth-order valence-electron chi connectivity index (χ4n) is 1.34. The maximum Gasteiger partial charge on any atom is 0.0857 e. The predicted octanol–water partition coefficient (Wildman–Crippen LogP) is 1.85. The van der Waals surface area contributed by atoms with Gasteiger partial charge in [-0.2, -0.15) is 0 Å². The average Bonchev–Trinajstić information content (AvgIpc) is 2.65. The topological polar surface area (TPSA) is 64.9 Å². The van der Waals surface area contributed by atoms with Crippen LogP contribution in [0.3, 0.4) is 0 Å². The first-order valence-corrected chi connectivity index (χ1v) is 5.17. The molecule has 0 spiro atoms. The zero-order valence-electron chi connectivity index (χ0n) is 7.60. The Kier molecular flexibility index (Phi) is 2.47. The highest BCUT2D eigenvalue weighted by Gasteiger charge is 2.06. The fraction of sp³-hybridized carbons (Fsp3) is 0.100. The Hall–Kier alpha value is -1.39. The minimum atomic E-state index is 0.523. The molecule has 0 radical (unpaired) electrons. The Morgan fingerprint density at radius 3 is 2.93 bits per heavy atom. The van der Waals surface area contributed by atoms with Crippen molar-refractivity contribution >= 4 is 17.0 Å². The van der Waals surface area contributed by atoms with Gasteiger partial charge in [0, 0.05) is 22.7 Å². The van der Waals surface area contributed by atoms with Crippen molar-refractivity contribution in [1.29, 1.82) is 0 Å². The molecule has 0 saturated heterocycles. The third-order valence-electron chi connectivity index (χ3n) is 1.99. The summed E-state index contributed by atoms with van der Waals surface area (Å²) < 4.78 is 0. The highest BCUT2D eigenvalue weighted by Crippen LogP contribution is 2.26. The summed E-state index contributed by atoms with van der Waals surface area (Å²) in [7, 11) is 0. The fourth-order valence-corrected chi connectivity index (χ4v) is 2.00. The van der Waals surface area contributed by atoms with Crippen LogP contribution in [0.15, 0.2) is 29.8 Å². The minimum absolute atomic E-state index is 0.523. The summed E-state index contributed by atoms with van der Waals surface area (Å²) in [6.07, 6.45) is 0. The third kappa shape index (κ3) is 1.62. The molecule has 4 N–H and O–H groups in total. The average molecular weight is 205 g/mol. The molecule has 0 aliphatic rings. The summed E-state index contributed by atoms with van der Waals surface area (Å²) in [5.74, 6) is 0. The summed E-state index contributed by atoms with van der Waals surface area (Å²) in [5.41, 5.74) is 15.8. The van der Waals surface area contributed by atoms with E-state index >= 15 is 0 Å². The number of nitrogen functional groups attached to an aromatic ring is 1. The minimum Gasteiger partial charge on any atom is -0.399 e. The van der Waals surface area contributed by atoms with Crippen molar-refractivity contribution in [3.05, 3.63) is 34.7 Å². The van der Waals surface area contributed by atoms with Gasteiger partial charge >= 0.3 is 0 Å². The number of nitrogens with zero attached hydrogens (tertiary/aromatic N) is 1. The second-order valence-electron chi connectivity index (χ2n) is 2.95. The van der Waals surface area contributed by atoms with E-state index in [9.17, 15) is 0 Å². The van der Waals surface area contributed by atoms with E-state index < -0.39 is 0 Å². The summed E-state index contributed by atoms with van der Waals surface area (Å²) in [5, 5.41) is 0. The van der Waals surface area contributed by atoms with Crippen LogP contribution in [-0.2, 0) is 6.54 Å². The molecule has 2 rings (SSSR count). The van der Waals surface area contributed by atoms with Gasteiger partial charge in [-0.3, -0.25) is 0 Å². The Balaban J connectivity index is 2.49. The van der Waals surface area contributed by atoms with Crippen molar-refractivity contribution in [2.24, 2.45) is 5.73 Å². The summed E-state index contributed by atoms with van der Waals surface area (Å²) in [6.45, 7) is 0.523. The second kappa shape index (κ2) is 3.77. The van der Waals surface area contributed by atoms with Crippen LogP contribution in [0.5, 0.6) is 0 Å². The molecule has 4 heteroatoms. The summed E-state index contributed by atoms with van der Waals surface area (Å²) >= 11 is 1.57. The molecule has 1 aromatic carbocycles. The number of nitrogens with two attached hydrogens (primary N) is 2. The molecule has 1 aromatic heterocycles. The van der Waals surface area contributed by atoms with E-state index in [2.05, 4.69) is 4.98 Å². The number of aromatic nitrogens is 1. The quantitative estimate of drug-likeness (QED) is 0.735. The Labute approximate surface area is 86.4 Å². The molecule has 0 saturated carbocycles. The molecule has 72 valence electrons. The monoisotopic (exact) mass is 205 g/mol. The molecule has 0 amide bonds.